The van der Waals surface area contributed by atoms with Crippen molar-refractivity contribution in [2.45, 2.75) is 19.5 Å². The van der Waals surface area contributed by atoms with E-state index in [9.17, 15) is 18.0 Å². The van der Waals surface area contributed by atoms with Crippen LogP contribution in [0.2, 0.25) is 0 Å². The molecule has 0 atom stereocenters. The molecule has 0 unspecified atom stereocenters. The third-order valence-electron chi connectivity index (χ3n) is 4.19. The maximum Gasteiger partial charge on any atom is 0.406 e. The number of carbonyl (C=O) groups is 1. The first-order valence-electron chi connectivity index (χ1n) is 8.88. The van der Waals surface area contributed by atoms with E-state index in [1.165, 1.54) is 11.1 Å². The molecular formula is C19H25F3N4O. The van der Waals surface area contributed by atoms with Crippen LogP contribution in [-0.4, -0.2) is 67.6 Å². The van der Waals surface area contributed by atoms with Crippen molar-refractivity contribution in [3.63, 3.8) is 0 Å². The molecule has 1 amide bonds. The van der Waals surface area contributed by atoms with E-state index in [0.717, 1.165) is 20.0 Å². The number of benzene rings is 1. The standard InChI is InChI=1S/C19H25F3N4O/c1-3-23-18(24-13-17(27)25(2)14-19(20,21)22)26-11-9-16(10-12-26)15-7-5-4-6-8-15/h4-9H,3,10-14H2,1-2H3,(H,23,24). The zero-order valence-electron chi connectivity index (χ0n) is 15.6. The van der Waals surface area contributed by atoms with Gasteiger partial charge in [0.1, 0.15) is 13.1 Å². The van der Waals surface area contributed by atoms with E-state index in [0.29, 0.717) is 23.9 Å². The Morgan fingerprint density at radius 2 is 2.00 bits per heavy atom. The minimum atomic E-state index is -4.41. The second-order valence-corrected chi connectivity index (χ2v) is 6.33. The number of nitrogens with one attached hydrogen (secondary N) is 1. The van der Waals surface area contributed by atoms with Gasteiger partial charge in [0.05, 0.1) is 0 Å². The van der Waals surface area contributed by atoms with E-state index >= 15 is 0 Å². The molecule has 0 aromatic heterocycles. The molecule has 27 heavy (non-hydrogen) atoms. The Morgan fingerprint density at radius 3 is 2.56 bits per heavy atom. The topological polar surface area (TPSA) is 47.9 Å². The Bertz CT molecular complexity index is 686. The monoisotopic (exact) mass is 382 g/mol. The summed E-state index contributed by atoms with van der Waals surface area (Å²) in [5.41, 5.74) is 2.44. The summed E-state index contributed by atoms with van der Waals surface area (Å²) in [6.07, 6.45) is -1.47. The molecule has 0 saturated carbocycles. The highest BCUT2D eigenvalue weighted by atomic mass is 19.4. The number of halogens is 3. The van der Waals surface area contributed by atoms with Gasteiger partial charge in [-0.05, 0) is 24.5 Å². The Labute approximate surface area is 157 Å². The number of hydrogen-bond donors (Lipinski definition) is 1. The van der Waals surface area contributed by atoms with E-state index in [4.69, 9.17) is 0 Å². The number of rotatable bonds is 5. The highest BCUT2D eigenvalue weighted by molar-refractivity contribution is 5.85. The first-order valence-corrected chi connectivity index (χ1v) is 8.88. The molecule has 1 aliphatic rings. The van der Waals surface area contributed by atoms with Gasteiger partial charge < -0.3 is 15.1 Å². The van der Waals surface area contributed by atoms with Gasteiger partial charge in [-0.1, -0.05) is 36.4 Å². The second kappa shape index (κ2) is 9.43. The summed E-state index contributed by atoms with van der Waals surface area (Å²) >= 11 is 0. The van der Waals surface area contributed by atoms with Gasteiger partial charge in [0.15, 0.2) is 5.96 Å². The summed E-state index contributed by atoms with van der Waals surface area (Å²) in [4.78, 5) is 18.8. The molecule has 0 radical (unpaired) electrons. The first kappa shape index (κ1) is 20.8. The van der Waals surface area contributed by atoms with E-state index in [2.05, 4.69) is 28.5 Å². The molecule has 0 fully saturated rings. The fraction of sp³-hybridized carbons (Fsp3) is 0.474. The van der Waals surface area contributed by atoms with Crippen LogP contribution in [0.1, 0.15) is 18.9 Å². The minimum Gasteiger partial charge on any atom is -0.356 e. The van der Waals surface area contributed by atoms with Gasteiger partial charge in [0.2, 0.25) is 5.91 Å². The summed E-state index contributed by atoms with van der Waals surface area (Å²) in [5, 5.41) is 3.10. The SMILES string of the molecule is CCNC(=NCC(=O)N(C)CC(F)(F)F)N1CC=C(c2ccccc2)CC1. The normalized spacial score (nSPS) is 15.4. The summed E-state index contributed by atoms with van der Waals surface area (Å²) in [6, 6.07) is 10.1. The highest BCUT2D eigenvalue weighted by Crippen LogP contribution is 2.22. The van der Waals surface area contributed by atoms with Crippen LogP contribution in [0.3, 0.4) is 0 Å². The predicted molar refractivity (Wildman–Crippen MR) is 100 cm³/mol. The van der Waals surface area contributed by atoms with E-state index in [1.54, 1.807) is 0 Å². The Morgan fingerprint density at radius 1 is 1.30 bits per heavy atom. The maximum absolute atomic E-state index is 12.4. The van der Waals surface area contributed by atoms with Crippen molar-refractivity contribution in [2.24, 2.45) is 4.99 Å². The van der Waals surface area contributed by atoms with E-state index in [-0.39, 0.29) is 6.54 Å². The van der Waals surface area contributed by atoms with Gasteiger partial charge >= 0.3 is 6.18 Å². The number of aliphatic imine (C=N–C) groups is 1. The molecule has 0 aliphatic carbocycles. The third kappa shape index (κ3) is 6.62. The minimum absolute atomic E-state index is 0.319. The Balaban J connectivity index is 1.99. The van der Waals surface area contributed by atoms with Gasteiger partial charge in [-0.15, -0.1) is 0 Å². The molecule has 8 heteroatoms. The molecule has 0 saturated heterocycles. The van der Waals surface area contributed by atoms with Crippen molar-refractivity contribution in [3.8, 4) is 0 Å². The Kier molecular flexibility index (Phi) is 7.27. The van der Waals surface area contributed by atoms with Crippen molar-refractivity contribution >= 4 is 17.4 Å². The lowest BCUT2D eigenvalue weighted by molar-refractivity contribution is -0.157. The molecule has 2 rings (SSSR count). The van der Waals surface area contributed by atoms with Crippen molar-refractivity contribution in [2.75, 3.05) is 39.8 Å². The lowest BCUT2D eigenvalue weighted by Crippen LogP contribution is -2.44. The van der Waals surface area contributed by atoms with Gasteiger partial charge in [-0.3, -0.25) is 4.79 Å². The van der Waals surface area contributed by atoms with Crippen molar-refractivity contribution in [1.29, 1.82) is 0 Å². The molecule has 0 bridgehead atoms. The molecule has 1 heterocycles. The molecule has 0 spiro atoms. The van der Waals surface area contributed by atoms with Crippen LogP contribution >= 0.6 is 0 Å². The number of hydrogen-bond acceptors (Lipinski definition) is 2. The van der Waals surface area contributed by atoms with E-state index in [1.807, 2.05) is 30.0 Å². The maximum atomic E-state index is 12.4. The van der Waals surface area contributed by atoms with Crippen LogP contribution in [0.15, 0.2) is 41.4 Å². The lowest BCUT2D eigenvalue weighted by atomic mass is 10.00. The fourth-order valence-electron chi connectivity index (χ4n) is 2.82. The van der Waals surface area contributed by atoms with E-state index < -0.39 is 18.6 Å². The van der Waals surface area contributed by atoms with Crippen molar-refractivity contribution < 1.29 is 18.0 Å². The number of alkyl halides is 3. The molecule has 1 N–H and O–H groups in total. The van der Waals surface area contributed by atoms with Gasteiger partial charge in [-0.25, -0.2) is 4.99 Å². The molecule has 1 aromatic carbocycles. The highest BCUT2D eigenvalue weighted by Gasteiger charge is 2.31. The number of guanidine groups is 1. The average Bonchev–Trinajstić information content (AvgIpc) is 2.64. The summed E-state index contributed by atoms with van der Waals surface area (Å²) < 4.78 is 37.2. The first-order chi connectivity index (χ1) is 12.8. The van der Waals surface area contributed by atoms with Crippen LogP contribution in [0.25, 0.3) is 5.57 Å². The van der Waals surface area contributed by atoms with Gasteiger partial charge in [0, 0.05) is 26.7 Å². The fourth-order valence-corrected chi connectivity index (χ4v) is 2.82. The second-order valence-electron chi connectivity index (χ2n) is 6.33. The summed E-state index contributed by atoms with van der Waals surface area (Å²) in [5.74, 6) is -0.130. The van der Waals surface area contributed by atoms with Crippen LogP contribution in [-0.2, 0) is 4.79 Å². The smallest absolute Gasteiger partial charge is 0.356 e. The largest absolute Gasteiger partial charge is 0.406 e. The van der Waals surface area contributed by atoms with Crippen LogP contribution < -0.4 is 5.32 Å². The number of nitrogens with zero attached hydrogens (tertiary/aromatic N) is 3. The molecular weight excluding hydrogens is 357 g/mol. The molecule has 1 aliphatic heterocycles. The molecule has 148 valence electrons. The third-order valence-corrected chi connectivity index (χ3v) is 4.19. The molecule has 1 aromatic rings. The summed E-state index contributed by atoms with van der Waals surface area (Å²) in [6.45, 7) is 2.27. The zero-order chi connectivity index (χ0) is 19.9. The predicted octanol–water partition coefficient (Wildman–Crippen LogP) is 2.76. The zero-order valence-corrected chi connectivity index (χ0v) is 15.6. The van der Waals surface area contributed by atoms with Crippen molar-refractivity contribution in [3.05, 3.63) is 42.0 Å². The van der Waals surface area contributed by atoms with Crippen LogP contribution in [0, 0.1) is 0 Å². The average molecular weight is 382 g/mol. The van der Waals surface area contributed by atoms with Gasteiger partial charge in [0.25, 0.3) is 0 Å². The Hall–Kier alpha value is -2.51. The van der Waals surface area contributed by atoms with Gasteiger partial charge in [-0.2, -0.15) is 13.2 Å². The molecule has 5 nitrogen and oxygen atoms in total. The summed E-state index contributed by atoms with van der Waals surface area (Å²) in [7, 11) is 1.13. The van der Waals surface area contributed by atoms with Crippen LogP contribution in [0.5, 0.6) is 0 Å². The number of carbonyl (C=O) groups excluding carboxylic acids is 1. The lowest BCUT2D eigenvalue weighted by Gasteiger charge is -2.30. The van der Waals surface area contributed by atoms with Crippen molar-refractivity contribution in [1.82, 2.24) is 15.1 Å². The number of amides is 1. The van der Waals surface area contributed by atoms with Crippen LogP contribution in [0.4, 0.5) is 13.2 Å². The number of likely N-dealkylation sites (N-methyl/N-ethyl adjacent to an activating group) is 1. The quantitative estimate of drug-likeness (QED) is 0.629.